The predicted molar refractivity (Wildman–Crippen MR) is 81.4 cm³/mol. The van der Waals surface area contributed by atoms with Crippen LogP contribution in [0.15, 0.2) is 0 Å². The fourth-order valence-corrected chi connectivity index (χ4v) is 2.78. The van der Waals surface area contributed by atoms with Crippen LogP contribution in [0.25, 0.3) is 0 Å². The molecule has 0 radical (unpaired) electrons. The maximum Gasteiger partial charge on any atom is 0.107 e. The van der Waals surface area contributed by atoms with Crippen LogP contribution in [0.1, 0.15) is 90.4 Å². The second kappa shape index (κ2) is 11.7. The maximum absolute atomic E-state index is 8.84. The van der Waals surface area contributed by atoms with Gasteiger partial charge < -0.3 is 9.84 Å². The summed E-state index contributed by atoms with van der Waals surface area (Å²) in [6, 6.07) is 0. The molecular formula is C17H34O2. The first-order valence-electron chi connectivity index (χ1n) is 8.64. The van der Waals surface area contributed by atoms with E-state index in [0.29, 0.717) is 6.10 Å². The van der Waals surface area contributed by atoms with E-state index in [9.17, 15) is 0 Å². The summed E-state index contributed by atoms with van der Waals surface area (Å²) in [5, 5.41) is 8.84. The van der Waals surface area contributed by atoms with Crippen molar-refractivity contribution < 1.29 is 9.84 Å². The molecule has 0 aromatic heterocycles. The Kier molecular flexibility index (Phi) is 10.5. The molecule has 0 bridgehead atoms. The summed E-state index contributed by atoms with van der Waals surface area (Å²) in [5.74, 6) is 0. The topological polar surface area (TPSA) is 32.8 Å². The Morgan fingerprint density at radius 1 is 0.684 bits per heavy atom. The number of rotatable bonds is 14. The third-order valence-corrected chi connectivity index (χ3v) is 4.21. The Morgan fingerprint density at radius 3 is 1.58 bits per heavy atom. The molecule has 0 aromatic rings. The number of epoxide rings is 1. The van der Waals surface area contributed by atoms with Gasteiger partial charge in [0, 0.05) is 0 Å². The van der Waals surface area contributed by atoms with Crippen molar-refractivity contribution in [1.82, 2.24) is 0 Å². The molecule has 1 aliphatic rings. The number of aliphatic hydroxyl groups is 1. The van der Waals surface area contributed by atoms with Crippen LogP contribution in [0.2, 0.25) is 0 Å². The highest BCUT2D eigenvalue weighted by molar-refractivity contribution is 4.83. The average molecular weight is 270 g/mol. The van der Waals surface area contributed by atoms with Crippen LogP contribution in [0, 0.1) is 0 Å². The molecule has 0 aliphatic carbocycles. The van der Waals surface area contributed by atoms with E-state index in [1.807, 2.05) is 0 Å². The van der Waals surface area contributed by atoms with Gasteiger partial charge in [0.1, 0.15) is 6.10 Å². The average Bonchev–Trinajstić information content (AvgIpc) is 3.19. The molecule has 1 saturated heterocycles. The van der Waals surface area contributed by atoms with Crippen molar-refractivity contribution in [1.29, 1.82) is 0 Å². The van der Waals surface area contributed by atoms with Crippen LogP contribution in [0.5, 0.6) is 0 Å². The van der Waals surface area contributed by atoms with Crippen LogP contribution in [-0.2, 0) is 4.74 Å². The number of ether oxygens (including phenoxy) is 1. The van der Waals surface area contributed by atoms with E-state index in [-0.39, 0.29) is 12.7 Å². The van der Waals surface area contributed by atoms with E-state index < -0.39 is 0 Å². The second-order valence-corrected chi connectivity index (χ2v) is 6.07. The summed E-state index contributed by atoms with van der Waals surface area (Å²) in [4.78, 5) is 0. The lowest BCUT2D eigenvalue weighted by Crippen LogP contribution is -1.98. The van der Waals surface area contributed by atoms with E-state index >= 15 is 0 Å². The quantitative estimate of drug-likeness (QED) is 0.362. The lowest BCUT2D eigenvalue weighted by Gasteiger charge is -2.02. The van der Waals surface area contributed by atoms with Crippen LogP contribution >= 0.6 is 0 Å². The molecule has 0 amide bonds. The zero-order valence-electron chi connectivity index (χ0n) is 12.9. The van der Waals surface area contributed by atoms with E-state index in [4.69, 9.17) is 9.84 Å². The van der Waals surface area contributed by atoms with Gasteiger partial charge in [0.05, 0.1) is 12.7 Å². The van der Waals surface area contributed by atoms with Gasteiger partial charge in [0.15, 0.2) is 0 Å². The molecule has 2 unspecified atom stereocenters. The molecule has 2 heteroatoms. The predicted octanol–water partition coefficient (Wildman–Crippen LogP) is 4.84. The minimum absolute atomic E-state index is 0.174. The molecule has 1 heterocycles. The summed E-state index contributed by atoms with van der Waals surface area (Å²) in [6.07, 6.45) is 18.5. The van der Waals surface area contributed by atoms with Gasteiger partial charge in [-0.05, 0) is 6.42 Å². The van der Waals surface area contributed by atoms with Gasteiger partial charge >= 0.3 is 0 Å². The van der Waals surface area contributed by atoms with Crippen LogP contribution in [0.4, 0.5) is 0 Å². The van der Waals surface area contributed by atoms with Gasteiger partial charge in [-0.2, -0.15) is 0 Å². The minimum atomic E-state index is 0.174. The van der Waals surface area contributed by atoms with E-state index in [1.54, 1.807) is 0 Å². The maximum atomic E-state index is 8.84. The van der Waals surface area contributed by atoms with Crippen molar-refractivity contribution in [3.05, 3.63) is 0 Å². The van der Waals surface area contributed by atoms with Crippen LogP contribution in [-0.4, -0.2) is 23.9 Å². The van der Waals surface area contributed by atoms with E-state index in [2.05, 4.69) is 6.92 Å². The molecule has 0 saturated carbocycles. The Labute approximate surface area is 119 Å². The Bertz CT molecular complexity index is 194. The van der Waals surface area contributed by atoms with Crippen molar-refractivity contribution in [2.24, 2.45) is 0 Å². The van der Waals surface area contributed by atoms with Crippen molar-refractivity contribution in [2.75, 3.05) is 6.61 Å². The summed E-state index contributed by atoms with van der Waals surface area (Å²) >= 11 is 0. The molecule has 1 rings (SSSR count). The largest absolute Gasteiger partial charge is 0.394 e. The van der Waals surface area contributed by atoms with Crippen LogP contribution < -0.4 is 0 Å². The SMILES string of the molecule is CCCCCCCCCCCCCCC1OC1CO. The Balaban J connectivity index is 1.65. The fraction of sp³-hybridized carbons (Fsp3) is 1.00. The third-order valence-electron chi connectivity index (χ3n) is 4.21. The summed E-state index contributed by atoms with van der Waals surface area (Å²) in [7, 11) is 0. The summed E-state index contributed by atoms with van der Waals surface area (Å²) in [6.45, 7) is 2.49. The lowest BCUT2D eigenvalue weighted by atomic mass is 10.0. The molecule has 2 nitrogen and oxygen atoms in total. The number of hydrogen-bond acceptors (Lipinski definition) is 2. The van der Waals surface area contributed by atoms with E-state index in [0.717, 1.165) is 6.42 Å². The van der Waals surface area contributed by atoms with Crippen molar-refractivity contribution >= 4 is 0 Å². The molecule has 2 atom stereocenters. The minimum Gasteiger partial charge on any atom is -0.394 e. The molecule has 1 N–H and O–H groups in total. The lowest BCUT2D eigenvalue weighted by molar-refractivity contribution is 0.241. The molecule has 1 aliphatic heterocycles. The number of hydrogen-bond donors (Lipinski definition) is 1. The van der Waals surface area contributed by atoms with Gasteiger partial charge in [0.2, 0.25) is 0 Å². The van der Waals surface area contributed by atoms with Gasteiger partial charge in [-0.25, -0.2) is 0 Å². The summed E-state index contributed by atoms with van der Waals surface area (Å²) in [5.41, 5.74) is 0. The normalized spacial score (nSPS) is 21.8. The van der Waals surface area contributed by atoms with Crippen molar-refractivity contribution in [3.8, 4) is 0 Å². The third kappa shape index (κ3) is 9.45. The monoisotopic (exact) mass is 270 g/mol. The van der Waals surface area contributed by atoms with Gasteiger partial charge in [-0.1, -0.05) is 84.0 Å². The summed E-state index contributed by atoms with van der Waals surface area (Å²) < 4.78 is 5.32. The molecule has 19 heavy (non-hydrogen) atoms. The first-order chi connectivity index (χ1) is 9.38. The molecule has 0 spiro atoms. The Morgan fingerprint density at radius 2 is 1.16 bits per heavy atom. The molecule has 1 fully saturated rings. The zero-order chi connectivity index (χ0) is 13.8. The molecule has 0 aromatic carbocycles. The first-order valence-corrected chi connectivity index (χ1v) is 8.64. The highest BCUT2D eigenvalue weighted by atomic mass is 16.6. The van der Waals surface area contributed by atoms with Crippen molar-refractivity contribution in [3.63, 3.8) is 0 Å². The van der Waals surface area contributed by atoms with Crippen molar-refractivity contribution in [2.45, 2.75) is 103 Å². The van der Waals surface area contributed by atoms with E-state index in [1.165, 1.54) is 77.0 Å². The zero-order valence-corrected chi connectivity index (χ0v) is 12.9. The Hall–Kier alpha value is -0.0800. The fourth-order valence-electron chi connectivity index (χ4n) is 2.78. The first kappa shape index (κ1) is 17.0. The second-order valence-electron chi connectivity index (χ2n) is 6.07. The smallest absolute Gasteiger partial charge is 0.107 e. The highest BCUT2D eigenvalue weighted by Crippen LogP contribution is 2.26. The molecule has 114 valence electrons. The number of unbranched alkanes of at least 4 members (excludes halogenated alkanes) is 11. The highest BCUT2D eigenvalue weighted by Gasteiger charge is 2.36. The standard InChI is InChI=1S/C17H34O2/c1-2-3-4-5-6-7-8-9-10-11-12-13-14-16-17(15-18)19-16/h16-18H,2-15H2,1H3. The number of aliphatic hydroxyl groups excluding tert-OH is 1. The van der Waals surface area contributed by atoms with Gasteiger partial charge in [-0.3, -0.25) is 0 Å². The van der Waals surface area contributed by atoms with Gasteiger partial charge in [0.25, 0.3) is 0 Å². The molecular weight excluding hydrogens is 236 g/mol. The van der Waals surface area contributed by atoms with Gasteiger partial charge in [-0.15, -0.1) is 0 Å². The van der Waals surface area contributed by atoms with Crippen LogP contribution in [0.3, 0.4) is 0 Å².